The Hall–Kier alpha value is -0.410. The van der Waals surface area contributed by atoms with Crippen LogP contribution in [0.5, 0.6) is 0 Å². The topological polar surface area (TPSA) is 32.3 Å². The number of carbonyl (C=O) groups excluding carboxylic acids is 1. The lowest BCUT2D eigenvalue weighted by atomic mass is 10.2. The first-order valence-electron chi connectivity index (χ1n) is 5.10. The summed E-state index contributed by atoms with van der Waals surface area (Å²) in [6, 6.07) is 0.650. The van der Waals surface area contributed by atoms with Gasteiger partial charge in [-0.25, -0.2) is 0 Å². The van der Waals surface area contributed by atoms with Gasteiger partial charge in [-0.2, -0.15) is 0 Å². The van der Waals surface area contributed by atoms with E-state index >= 15 is 0 Å². The maximum absolute atomic E-state index is 10.7. The van der Waals surface area contributed by atoms with E-state index in [1.54, 1.807) is 6.92 Å². The molecule has 1 saturated heterocycles. The van der Waals surface area contributed by atoms with Crippen LogP contribution in [0.25, 0.3) is 0 Å². The van der Waals surface area contributed by atoms with Crippen LogP contribution >= 0.6 is 0 Å². The monoisotopic (exact) mass is 184 g/mol. The van der Waals surface area contributed by atoms with E-state index in [-0.39, 0.29) is 0 Å². The number of nitrogens with zero attached hydrogens (tertiary/aromatic N) is 1. The number of ketones is 1. The second-order valence-corrected chi connectivity index (χ2v) is 4.01. The molecule has 0 saturated carbocycles. The molecule has 0 aliphatic carbocycles. The van der Waals surface area contributed by atoms with Crippen LogP contribution in [0.1, 0.15) is 26.2 Å². The molecule has 0 bridgehead atoms. The van der Waals surface area contributed by atoms with Gasteiger partial charge in [-0.1, -0.05) is 0 Å². The number of rotatable bonds is 5. The first-order valence-corrected chi connectivity index (χ1v) is 5.10. The first kappa shape index (κ1) is 10.7. The smallest absolute Gasteiger partial charge is 0.129 e. The highest BCUT2D eigenvalue weighted by atomic mass is 16.1. The third-order valence-electron chi connectivity index (χ3n) is 2.53. The zero-order valence-corrected chi connectivity index (χ0v) is 8.68. The molecule has 1 aliphatic heterocycles. The van der Waals surface area contributed by atoms with Crippen molar-refractivity contribution < 1.29 is 4.79 Å². The zero-order valence-electron chi connectivity index (χ0n) is 8.68. The highest BCUT2D eigenvalue weighted by Crippen LogP contribution is 2.05. The van der Waals surface area contributed by atoms with Gasteiger partial charge in [-0.3, -0.25) is 0 Å². The number of hydrogen-bond donors (Lipinski definition) is 1. The van der Waals surface area contributed by atoms with Crippen LogP contribution in [0.15, 0.2) is 0 Å². The summed E-state index contributed by atoms with van der Waals surface area (Å²) >= 11 is 0. The van der Waals surface area contributed by atoms with Crippen molar-refractivity contribution in [3.8, 4) is 0 Å². The van der Waals surface area contributed by atoms with Gasteiger partial charge in [0.15, 0.2) is 0 Å². The fraction of sp³-hybridized carbons (Fsp3) is 0.900. The molecule has 1 aliphatic rings. The van der Waals surface area contributed by atoms with E-state index in [9.17, 15) is 4.79 Å². The van der Waals surface area contributed by atoms with Gasteiger partial charge in [-0.15, -0.1) is 0 Å². The van der Waals surface area contributed by atoms with Crippen molar-refractivity contribution in [1.82, 2.24) is 10.2 Å². The van der Waals surface area contributed by atoms with Crippen molar-refractivity contribution in [2.75, 3.05) is 26.7 Å². The van der Waals surface area contributed by atoms with Gasteiger partial charge < -0.3 is 15.0 Å². The van der Waals surface area contributed by atoms with Crippen molar-refractivity contribution in [3.63, 3.8) is 0 Å². The van der Waals surface area contributed by atoms with Gasteiger partial charge in [0.05, 0.1) is 0 Å². The summed E-state index contributed by atoms with van der Waals surface area (Å²) in [5.41, 5.74) is 0. The Kier molecular flexibility index (Phi) is 4.39. The summed E-state index contributed by atoms with van der Waals surface area (Å²) in [6.45, 7) is 4.99. The summed E-state index contributed by atoms with van der Waals surface area (Å²) in [5.74, 6) is 0.297. The lowest BCUT2D eigenvalue weighted by molar-refractivity contribution is -0.117. The summed E-state index contributed by atoms with van der Waals surface area (Å²) in [6.07, 6.45) is 2.95. The van der Waals surface area contributed by atoms with Gasteiger partial charge >= 0.3 is 0 Å². The third-order valence-corrected chi connectivity index (χ3v) is 2.53. The quantitative estimate of drug-likeness (QED) is 0.637. The van der Waals surface area contributed by atoms with E-state index in [2.05, 4.69) is 17.3 Å². The maximum Gasteiger partial charge on any atom is 0.129 e. The number of nitrogens with one attached hydrogen (secondary N) is 1. The minimum atomic E-state index is 0.297. The van der Waals surface area contributed by atoms with E-state index in [1.165, 1.54) is 13.0 Å². The molecule has 1 atom stereocenters. The predicted octanol–water partition coefficient (Wildman–Crippen LogP) is 0.649. The molecule has 1 fully saturated rings. The highest BCUT2D eigenvalue weighted by molar-refractivity contribution is 5.75. The van der Waals surface area contributed by atoms with Crippen molar-refractivity contribution in [2.24, 2.45) is 0 Å². The fourth-order valence-corrected chi connectivity index (χ4v) is 1.75. The Morgan fingerprint density at radius 2 is 2.38 bits per heavy atom. The third kappa shape index (κ3) is 4.39. The van der Waals surface area contributed by atoms with E-state index in [0.717, 1.165) is 25.9 Å². The molecule has 3 nitrogen and oxygen atoms in total. The van der Waals surface area contributed by atoms with Crippen LogP contribution in [-0.2, 0) is 4.79 Å². The van der Waals surface area contributed by atoms with Crippen LogP contribution < -0.4 is 5.32 Å². The van der Waals surface area contributed by atoms with Crippen LogP contribution in [0, 0.1) is 0 Å². The Morgan fingerprint density at radius 1 is 1.62 bits per heavy atom. The molecule has 1 N–H and O–H groups in total. The van der Waals surface area contributed by atoms with Crippen LogP contribution in [0.2, 0.25) is 0 Å². The Morgan fingerprint density at radius 3 is 2.92 bits per heavy atom. The van der Waals surface area contributed by atoms with Crippen molar-refractivity contribution >= 4 is 5.78 Å². The SMILES string of the molecule is CC(=O)CCCNC1CCN(C)C1. The van der Waals surface area contributed by atoms with Crippen molar-refractivity contribution in [2.45, 2.75) is 32.2 Å². The number of Topliss-reactive ketones (excluding diaryl/α,β-unsaturated/α-hetero) is 1. The van der Waals surface area contributed by atoms with Crippen molar-refractivity contribution in [3.05, 3.63) is 0 Å². The molecule has 0 radical (unpaired) electrons. The Labute approximate surface area is 80.5 Å². The molecule has 0 aromatic rings. The molecule has 1 rings (SSSR count). The van der Waals surface area contributed by atoms with Crippen LogP contribution in [0.3, 0.4) is 0 Å². The lowest BCUT2D eigenvalue weighted by Gasteiger charge is -2.11. The molecule has 76 valence electrons. The predicted molar refractivity (Wildman–Crippen MR) is 53.8 cm³/mol. The van der Waals surface area contributed by atoms with Crippen LogP contribution in [-0.4, -0.2) is 43.4 Å². The van der Waals surface area contributed by atoms with Crippen molar-refractivity contribution in [1.29, 1.82) is 0 Å². The standard InChI is InChI=1S/C10H20N2O/c1-9(13)4-3-6-11-10-5-7-12(2)8-10/h10-11H,3-8H2,1-2H3. The fourth-order valence-electron chi connectivity index (χ4n) is 1.75. The van der Waals surface area contributed by atoms with Gasteiger partial charge in [0.25, 0.3) is 0 Å². The maximum atomic E-state index is 10.7. The number of carbonyl (C=O) groups is 1. The van der Waals surface area contributed by atoms with E-state index in [0.29, 0.717) is 11.8 Å². The molecule has 1 unspecified atom stereocenters. The molecule has 1 heterocycles. The largest absolute Gasteiger partial charge is 0.313 e. The normalized spacial score (nSPS) is 23.7. The molecule has 0 spiro atoms. The van der Waals surface area contributed by atoms with Gasteiger partial charge in [0.1, 0.15) is 5.78 Å². The van der Waals surface area contributed by atoms with E-state index in [1.807, 2.05) is 0 Å². The summed E-state index contributed by atoms with van der Waals surface area (Å²) in [4.78, 5) is 13.0. The zero-order chi connectivity index (χ0) is 9.68. The molecular weight excluding hydrogens is 164 g/mol. The summed E-state index contributed by atoms with van der Waals surface area (Å²) in [5, 5.41) is 3.47. The lowest BCUT2D eigenvalue weighted by Crippen LogP contribution is -2.32. The average Bonchev–Trinajstić information content (AvgIpc) is 2.45. The number of likely N-dealkylation sites (N-methyl/N-ethyl adjacent to an activating group) is 1. The summed E-state index contributed by atoms with van der Waals surface area (Å²) in [7, 11) is 2.15. The molecular formula is C10H20N2O. The minimum absolute atomic E-state index is 0.297. The van der Waals surface area contributed by atoms with Gasteiger partial charge in [0, 0.05) is 19.0 Å². The highest BCUT2D eigenvalue weighted by Gasteiger charge is 2.17. The average molecular weight is 184 g/mol. The second-order valence-electron chi connectivity index (χ2n) is 4.01. The Balaban J connectivity index is 1.97. The van der Waals surface area contributed by atoms with E-state index < -0.39 is 0 Å². The van der Waals surface area contributed by atoms with Gasteiger partial charge in [0.2, 0.25) is 0 Å². The second kappa shape index (κ2) is 5.35. The number of hydrogen-bond acceptors (Lipinski definition) is 3. The molecule has 3 heteroatoms. The molecule has 13 heavy (non-hydrogen) atoms. The van der Waals surface area contributed by atoms with E-state index in [4.69, 9.17) is 0 Å². The van der Waals surface area contributed by atoms with Gasteiger partial charge in [-0.05, 0) is 39.9 Å². The first-order chi connectivity index (χ1) is 6.18. The van der Waals surface area contributed by atoms with Crippen LogP contribution in [0.4, 0.5) is 0 Å². The molecule has 0 amide bonds. The molecule has 0 aromatic heterocycles. The summed E-state index contributed by atoms with van der Waals surface area (Å²) < 4.78 is 0. The Bertz CT molecular complexity index is 170. The molecule has 0 aromatic carbocycles. The minimum Gasteiger partial charge on any atom is -0.313 e. The number of likely N-dealkylation sites (tertiary alicyclic amines) is 1.